The van der Waals surface area contributed by atoms with Crippen molar-refractivity contribution in [3.63, 3.8) is 0 Å². The van der Waals surface area contributed by atoms with Gasteiger partial charge in [0.05, 0.1) is 25.1 Å². The molecule has 4 N–H and O–H groups in total. The molecule has 0 rings (SSSR count). The van der Waals surface area contributed by atoms with Crippen LogP contribution in [0.1, 0.15) is 20.8 Å². The van der Waals surface area contributed by atoms with Gasteiger partial charge in [0.25, 0.3) is 0 Å². The molecule has 19 heavy (non-hydrogen) atoms. The number of amides is 2. The Bertz CT molecular complexity index is 310. The van der Waals surface area contributed by atoms with Crippen molar-refractivity contribution >= 4 is 30.2 Å². The lowest BCUT2D eigenvalue weighted by atomic mass is 10.2. The third-order valence-electron chi connectivity index (χ3n) is 1.99. The van der Waals surface area contributed by atoms with Crippen LogP contribution in [0.2, 0.25) is 0 Å². The minimum atomic E-state index is -0.429. The van der Waals surface area contributed by atoms with Gasteiger partial charge in [0.1, 0.15) is 0 Å². The molecule has 0 saturated carbocycles. The summed E-state index contributed by atoms with van der Waals surface area (Å²) in [5.41, 5.74) is 5.06. The van der Waals surface area contributed by atoms with Crippen LogP contribution >= 0.6 is 12.4 Å². The fraction of sp³-hybridized carbons (Fsp3) is 0.727. The largest absolute Gasteiger partial charge is 0.463 e. The smallest absolute Gasteiger partial charge is 0.310 e. The standard InChI is InChI=1S/C11H21N3O4.ClH/c1-7(2)18-11(17)8(3)5-13-10(16)6-14-9(15)4-12;/h7-8H,4-6,12H2,1-3H3,(H,13,16)(H,14,15);1H. The van der Waals surface area contributed by atoms with Crippen molar-refractivity contribution in [1.29, 1.82) is 0 Å². The average molecular weight is 296 g/mol. The van der Waals surface area contributed by atoms with Gasteiger partial charge in [-0.05, 0) is 13.8 Å². The zero-order valence-corrected chi connectivity index (χ0v) is 12.2. The maximum Gasteiger partial charge on any atom is 0.310 e. The summed E-state index contributed by atoms with van der Waals surface area (Å²) in [6.07, 6.45) is -0.181. The topological polar surface area (TPSA) is 111 Å². The van der Waals surface area contributed by atoms with Gasteiger partial charge in [-0.25, -0.2) is 0 Å². The average Bonchev–Trinajstić information content (AvgIpc) is 2.31. The maximum atomic E-state index is 11.4. The number of halogens is 1. The molecule has 112 valence electrons. The van der Waals surface area contributed by atoms with Crippen LogP contribution < -0.4 is 16.4 Å². The van der Waals surface area contributed by atoms with Gasteiger partial charge >= 0.3 is 5.97 Å². The molecule has 0 aliphatic heterocycles. The molecule has 0 spiro atoms. The lowest BCUT2D eigenvalue weighted by molar-refractivity contribution is -0.151. The van der Waals surface area contributed by atoms with Crippen molar-refractivity contribution < 1.29 is 19.1 Å². The Labute approximate surface area is 119 Å². The summed E-state index contributed by atoms with van der Waals surface area (Å²) in [5, 5.41) is 4.85. The number of nitrogens with one attached hydrogen (secondary N) is 2. The zero-order valence-electron chi connectivity index (χ0n) is 11.4. The first-order chi connectivity index (χ1) is 8.36. The summed E-state index contributed by atoms with van der Waals surface area (Å²) in [6, 6.07) is 0. The Balaban J connectivity index is 0. The lowest BCUT2D eigenvalue weighted by Gasteiger charge is -2.14. The second kappa shape index (κ2) is 10.6. The highest BCUT2D eigenvalue weighted by Gasteiger charge is 2.16. The molecule has 0 aromatic carbocycles. The second-order valence-corrected chi connectivity index (χ2v) is 4.17. The summed E-state index contributed by atoms with van der Waals surface area (Å²) < 4.78 is 4.98. The number of hydrogen-bond donors (Lipinski definition) is 3. The molecule has 7 nitrogen and oxygen atoms in total. The van der Waals surface area contributed by atoms with Gasteiger partial charge in [-0.1, -0.05) is 6.92 Å². The molecule has 8 heteroatoms. The van der Waals surface area contributed by atoms with E-state index in [0.29, 0.717) is 0 Å². The van der Waals surface area contributed by atoms with Crippen LogP contribution in [0.5, 0.6) is 0 Å². The van der Waals surface area contributed by atoms with Crippen LogP contribution in [0.4, 0.5) is 0 Å². The third kappa shape index (κ3) is 10.3. The quantitative estimate of drug-likeness (QED) is 0.532. The Morgan fingerprint density at radius 1 is 1.11 bits per heavy atom. The molecule has 1 unspecified atom stereocenters. The number of hydrogen-bond acceptors (Lipinski definition) is 5. The summed E-state index contributed by atoms with van der Waals surface area (Å²) in [7, 11) is 0. The normalized spacial score (nSPS) is 11.2. The van der Waals surface area contributed by atoms with Gasteiger partial charge in [0.15, 0.2) is 0 Å². The van der Waals surface area contributed by atoms with Crippen LogP contribution in [0.25, 0.3) is 0 Å². The molecule has 0 heterocycles. The van der Waals surface area contributed by atoms with E-state index in [1.165, 1.54) is 0 Å². The van der Waals surface area contributed by atoms with Gasteiger partial charge in [-0.2, -0.15) is 0 Å². The van der Waals surface area contributed by atoms with Gasteiger partial charge in [0, 0.05) is 6.54 Å². The molecule has 0 radical (unpaired) electrons. The van der Waals surface area contributed by atoms with Gasteiger partial charge in [0.2, 0.25) is 11.8 Å². The van der Waals surface area contributed by atoms with Crippen molar-refractivity contribution in [2.75, 3.05) is 19.6 Å². The molecule has 0 fully saturated rings. The Hall–Kier alpha value is -1.34. The van der Waals surface area contributed by atoms with E-state index >= 15 is 0 Å². The predicted molar refractivity (Wildman–Crippen MR) is 72.7 cm³/mol. The Morgan fingerprint density at radius 2 is 1.68 bits per heavy atom. The summed E-state index contributed by atoms with van der Waals surface area (Å²) in [4.78, 5) is 33.5. The summed E-state index contributed by atoms with van der Waals surface area (Å²) in [5.74, 6) is -1.57. The first-order valence-corrected chi connectivity index (χ1v) is 5.80. The van der Waals surface area contributed by atoms with E-state index in [1.54, 1.807) is 20.8 Å². The highest BCUT2D eigenvalue weighted by Crippen LogP contribution is 2.00. The minimum absolute atomic E-state index is 0. The Kier molecular flexibility index (Phi) is 11.1. The number of esters is 1. The van der Waals surface area contributed by atoms with Crippen molar-refractivity contribution in [2.45, 2.75) is 26.9 Å². The summed E-state index contributed by atoms with van der Waals surface area (Å²) >= 11 is 0. The first kappa shape index (κ1) is 20.0. The van der Waals surface area contributed by atoms with E-state index in [2.05, 4.69) is 10.6 Å². The van der Waals surface area contributed by atoms with Gasteiger partial charge < -0.3 is 21.1 Å². The first-order valence-electron chi connectivity index (χ1n) is 5.80. The number of ether oxygens (including phenoxy) is 1. The third-order valence-corrected chi connectivity index (χ3v) is 1.99. The van der Waals surface area contributed by atoms with Crippen molar-refractivity contribution in [3.05, 3.63) is 0 Å². The summed E-state index contributed by atoms with van der Waals surface area (Å²) in [6.45, 7) is 5.02. The molecule has 0 saturated heterocycles. The SMILES string of the molecule is CC(C)OC(=O)C(C)CNC(=O)CNC(=O)CN.Cl. The highest BCUT2D eigenvalue weighted by molar-refractivity contribution is 5.86. The molecule has 0 aromatic rings. The molecular formula is C11H22ClN3O4. The van der Waals surface area contributed by atoms with E-state index in [4.69, 9.17) is 10.5 Å². The number of carbonyl (C=O) groups excluding carboxylic acids is 3. The van der Waals surface area contributed by atoms with E-state index in [9.17, 15) is 14.4 Å². The number of nitrogens with two attached hydrogens (primary N) is 1. The van der Waals surface area contributed by atoms with Crippen LogP contribution in [-0.4, -0.2) is 43.5 Å². The monoisotopic (exact) mass is 295 g/mol. The molecule has 0 aromatic heterocycles. The number of carbonyl (C=O) groups is 3. The highest BCUT2D eigenvalue weighted by atomic mass is 35.5. The Morgan fingerprint density at radius 3 is 2.16 bits per heavy atom. The zero-order chi connectivity index (χ0) is 14.1. The van der Waals surface area contributed by atoms with E-state index in [-0.39, 0.29) is 50.0 Å². The van der Waals surface area contributed by atoms with Crippen LogP contribution in [0.15, 0.2) is 0 Å². The fourth-order valence-corrected chi connectivity index (χ4v) is 1.01. The van der Waals surface area contributed by atoms with Crippen LogP contribution in [-0.2, 0) is 19.1 Å². The molecular weight excluding hydrogens is 274 g/mol. The second-order valence-electron chi connectivity index (χ2n) is 4.17. The maximum absolute atomic E-state index is 11.4. The lowest BCUT2D eigenvalue weighted by Crippen LogP contribution is -2.41. The molecule has 1 atom stereocenters. The predicted octanol–water partition coefficient (Wildman–Crippen LogP) is -0.813. The molecule has 2 amide bonds. The van der Waals surface area contributed by atoms with Crippen molar-refractivity contribution in [3.8, 4) is 0 Å². The van der Waals surface area contributed by atoms with Crippen LogP contribution in [0.3, 0.4) is 0 Å². The van der Waals surface area contributed by atoms with E-state index < -0.39 is 11.8 Å². The van der Waals surface area contributed by atoms with Crippen molar-refractivity contribution in [1.82, 2.24) is 10.6 Å². The molecule has 0 bridgehead atoms. The minimum Gasteiger partial charge on any atom is -0.463 e. The van der Waals surface area contributed by atoms with Crippen molar-refractivity contribution in [2.24, 2.45) is 11.7 Å². The molecule has 0 aliphatic rings. The molecule has 0 aliphatic carbocycles. The van der Waals surface area contributed by atoms with Crippen LogP contribution in [0, 0.1) is 5.92 Å². The van der Waals surface area contributed by atoms with Gasteiger partial charge in [-0.3, -0.25) is 14.4 Å². The fourth-order valence-electron chi connectivity index (χ4n) is 1.01. The van der Waals surface area contributed by atoms with E-state index in [0.717, 1.165) is 0 Å². The number of rotatable bonds is 7. The van der Waals surface area contributed by atoms with E-state index in [1.807, 2.05) is 0 Å². The van der Waals surface area contributed by atoms with Gasteiger partial charge in [-0.15, -0.1) is 12.4 Å².